The Labute approximate surface area is 145 Å². The molecule has 25 heavy (non-hydrogen) atoms. The Morgan fingerprint density at radius 1 is 1.16 bits per heavy atom. The summed E-state index contributed by atoms with van der Waals surface area (Å²) in [4.78, 5) is 50.8. The summed E-state index contributed by atoms with van der Waals surface area (Å²) in [6.45, 7) is 3.76. The van der Waals surface area contributed by atoms with Crippen LogP contribution in [0.2, 0.25) is 0 Å². The molecule has 0 unspecified atom stereocenters. The summed E-state index contributed by atoms with van der Waals surface area (Å²) < 4.78 is 4.68. The van der Waals surface area contributed by atoms with Gasteiger partial charge in [-0.1, -0.05) is 17.7 Å². The van der Waals surface area contributed by atoms with Crippen LogP contribution in [-0.4, -0.2) is 42.4 Å². The number of anilines is 1. The van der Waals surface area contributed by atoms with Gasteiger partial charge in [0, 0.05) is 6.54 Å². The van der Waals surface area contributed by atoms with Crippen LogP contribution in [0.1, 0.15) is 30.4 Å². The number of rotatable bonds is 5. The molecular formula is C18H20N2O5. The van der Waals surface area contributed by atoms with E-state index in [-0.39, 0.29) is 18.9 Å². The number of amides is 4. The Morgan fingerprint density at radius 2 is 1.84 bits per heavy atom. The molecule has 1 aromatic carbocycles. The largest absolute Gasteiger partial charge is 0.469 e. The highest BCUT2D eigenvalue weighted by molar-refractivity contribution is 6.52. The first-order chi connectivity index (χ1) is 11.8. The van der Waals surface area contributed by atoms with Crippen LogP contribution in [0.15, 0.2) is 18.2 Å². The number of hydrogen-bond acceptors (Lipinski definition) is 5. The highest BCUT2D eigenvalue weighted by Gasteiger charge is 2.53. The molecule has 7 nitrogen and oxygen atoms in total. The van der Waals surface area contributed by atoms with Crippen molar-refractivity contribution in [1.82, 2.24) is 4.90 Å². The molecule has 4 amide bonds. The third kappa shape index (κ3) is 3.01. The molecule has 1 heterocycles. The minimum absolute atomic E-state index is 0.0624. The van der Waals surface area contributed by atoms with Crippen LogP contribution in [0.25, 0.3) is 0 Å². The Kier molecular flexibility index (Phi) is 4.10. The number of hydrogen-bond donors (Lipinski definition) is 0. The Balaban J connectivity index is 1.84. The topological polar surface area (TPSA) is 84.0 Å². The van der Waals surface area contributed by atoms with E-state index in [0.29, 0.717) is 5.69 Å². The number of carbonyl (C=O) groups is 4. The zero-order chi connectivity index (χ0) is 18.4. The summed E-state index contributed by atoms with van der Waals surface area (Å²) in [5, 5.41) is 0. The van der Waals surface area contributed by atoms with Crippen molar-refractivity contribution in [2.24, 2.45) is 5.41 Å². The van der Waals surface area contributed by atoms with E-state index in [1.165, 1.54) is 7.11 Å². The molecule has 1 saturated heterocycles. The lowest BCUT2D eigenvalue weighted by Crippen LogP contribution is -2.38. The standard InChI is InChI=1S/C18H20N2O5/c1-11-4-5-13(12(2)8-11)20-16(23)15(22)19(17(20)24)10-18(6-7-18)9-14(21)25-3/h4-5,8H,6-7,9-10H2,1-3H3. The monoisotopic (exact) mass is 344 g/mol. The van der Waals surface area contributed by atoms with Crippen LogP contribution in [0.4, 0.5) is 10.5 Å². The Morgan fingerprint density at radius 3 is 2.40 bits per heavy atom. The van der Waals surface area contributed by atoms with Crippen LogP contribution < -0.4 is 4.90 Å². The van der Waals surface area contributed by atoms with Crippen molar-refractivity contribution in [2.45, 2.75) is 33.1 Å². The second-order valence-corrected chi connectivity index (χ2v) is 6.86. The van der Waals surface area contributed by atoms with Gasteiger partial charge >= 0.3 is 23.8 Å². The predicted molar refractivity (Wildman–Crippen MR) is 88.8 cm³/mol. The zero-order valence-corrected chi connectivity index (χ0v) is 14.5. The van der Waals surface area contributed by atoms with Crippen LogP contribution in [-0.2, 0) is 19.1 Å². The van der Waals surface area contributed by atoms with Crippen molar-refractivity contribution in [3.8, 4) is 0 Å². The van der Waals surface area contributed by atoms with Crippen LogP contribution in [0.5, 0.6) is 0 Å². The van der Waals surface area contributed by atoms with E-state index < -0.39 is 23.3 Å². The van der Waals surface area contributed by atoms with Crippen LogP contribution >= 0.6 is 0 Å². The number of urea groups is 1. The third-order valence-electron chi connectivity index (χ3n) is 4.84. The lowest BCUT2D eigenvalue weighted by molar-refractivity contribution is -0.143. The van der Waals surface area contributed by atoms with Crippen molar-refractivity contribution < 1.29 is 23.9 Å². The summed E-state index contributed by atoms with van der Waals surface area (Å²) in [6, 6.07) is 4.65. The van der Waals surface area contributed by atoms with Crippen molar-refractivity contribution in [3.63, 3.8) is 0 Å². The number of aryl methyl sites for hydroxylation is 2. The van der Waals surface area contributed by atoms with Gasteiger partial charge in [0.1, 0.15) is 0 Å². The zero-order valence-electron chi connectivity index (χ0n) is 14.5. The molecule has 132 valence electrons. The molecule has 0 aromatic heterocycles. The van der Waals surface area contributed by atoms with Crippen molar-refractivity contribution in [3.05, 3.63) is 29.3 Å². The lowest BCUT2D eigenvalue weighted by atomic mass is 10.0. The predicted octanol–water partition coefficient (Wildman–Crippen LogP) is 1.94. The first-order valence-corrected chi connectivity index (χ1v) is 8.12. The lowest BCUT2D eigenvalue weighted by Gasteiger charge is -2.21. The van der Waals surface area contributed by atoms with Crippen LogP contribution in [0, 0.1) is 19.3 Å². The molecule has 0 bridgehead atoms. The van der Waals surface area contributed by atoms with Gasteiger partial charge in [0.25, 0.3) is 0 Å². The molecule has 0 radical (unpaired) electrons. The summed E-state index contributed by atoms with van der Waals surface area (Å²) >= 11 is 0. The van der Waals surface area contributed by atoms with E-state index in [9.17, 15) is 19.2 Å². The first-order valence-electron chi connectivity index (χ1n) is 8.12. The van der Waals surface area contributed by atoms with Crippen molar-refractivity contribution in [1.29, 1.82) is 0 Å². The first kappa shape index (κ1) is 17.1. The highest BCUT2D eigenvalue weighted by atomic mass is 16.5. The SMILES string of the molecule is COC(=O)CC1(CN2C(=O)C(=O)N(c3ccc(C)cc3C)C2=O)CC1. The number of benzene rings is 1. The molecule has 0 atom stereocenters. The second kappa shape index (κ2) is 5.98. The number of esters is 1. The van der Waals surface area contributed by atoms with Gasteiger partial charge in [-0.15, -0.1) is 0 Å². The van der Waals surface area contributed by atoms with E-state index >= 15 is 0 Å². The highest BCUT2D eigenvalue weighted by Crippen LogP contribution is 2.50. The average Bonchev–Trinajstić information content (AvgIpc) is 3.29. The maximum absolute atomic E-state index is 12.7. The third-order valence-corrected chi connectivity index (χ3v) is 4.84. The van der Waals surface area contributed by atoms with Gasteiger partial charge in [0.05, 0.1) is 19.2 Å². The van der Waals surface area contributed by atoms with Crippen molar-refractivity contribution in [2.75, 3.05) is 18.6 Å². The number of ether oxygens (including phenoxy) is 1. The minimum atomic E-state index is -0.856. The summed E-state index contributed by atoms with van der Waals surface area (Å²) in [7, 11) is 1.30. The molecule has 1 aliphatic heterocycles. The van der Waals surface area contributed by atoms with E-state index in [0.717, 1.165) is 33.8 Å². The molecule has 1 saturated carbocycles. The second-order valence-electron chi connectivity index (χ2n) is 6.86. The number of imide groups is 2. The molecule has 2 fully saturated rings. The number of carbonyl (C=O) groups excluding carboxylic acids is 4. The number of methoxy groups -OCH3 is 1. The number of nitrogens with zero attached hydrogens (tertiary/aromatic N) is 2. The maximum atomic E-state index is 12.7. The molecular weight excluding hydrogens is 324 g/mol. The quantitative estimate of drug-likeness (QED) is 0.463. The Hall–Kier alpha value is -2.70. The fourth-order valence-electron chi connectivity index (χ4n) is 3.20. The normalized spacial score (nSPS) is 18.8. The molecule has 1 aromatic rings. The summed E-state index contributed by atoms with van der Waals surface area (Å²) in [6.07, 6.45) is 1.58. The molecule has 7 heteroatoms. The van der Waals surface area contributed by atoms with E-state index in [2.05, 4.69) is 4.74 Å². The minimum Gasteiger partial charge on any atom is -0.469 e. The van der Waals surface area contributed by atoms with Crippen LogP contribution in [0.3, 0.4) is 0 Å². The summed E-state index contributed by atoms with van der Waals surface area (Å²) in [5.74, 6) is -2.08. The van der Waals surface area contributed by atoms with Gasteiger partial charge in [0.2, 0.25) is 0 Å². The maximum Gasteiger partial charge on any atom is 0.338 e. The van der Waals surface area contributed by atoms with Gasteiger partial charge in [-0.3, -0.25) is 19.3 Å². The smallest absolute Gasteiger partial charge is 0.338 e. The van der Waals surface area contributed by atoms with Crippen molar-refractivity contribution >= 4 is 29.5 Å². The van der Waals surface area contributed by atoms with E-state index in [1.807, 2.05) is 13.0 Å². The van der Waals surface area contributed by atoms with Gasteiger partial charge < -0.3 is 4.74 Å². The molecule has 1 aliphatic carbocycles. The molecule has 2 aliphatic rings. The van der Waals surface area contributed by atoms with Gasteiger partial charge in [-0.2, -0.15) is 0 Å². The average molecular weight is 344 g/mol. The molecule has 3 rings (SSSR count). The fourth-order valence-corrected chi connectivity index (χ4v) is 3.20. The van der Waals surface area contributed by atoms with Gasteiger partial charge in [-0.05, 0) is 43.7 Å². The summed E-state index contributed by atoms with van der Waals surface area (Å²) in [5.41, 5.74) is 1.69. The van der Waals surface area contributed by atoms with E-state index in [4.69, 9.17) is 0 Å². The Bertz CT molecular complexity index is 782. The van der Waals surface area contributed by atoms with Gasteiger partial charge in [-0.25, -0.2) is 9.69 Å². The fraction of sp³-hybridized carbons (Fsp3) is 0.444. The molecule has 0 spiro atoms. The van der Waals surface area contributed by atoms with Gasteiger partial charge in [0.15, 0.2) is 0 Å². The molecule has 0 N–H and O–H groups in total. The van der Waals surface area contributed by atoms with E-state index in [1.54, 1.807) is 19.1 Å².